The van der Waals surface area contributed by atoms with Gasteiger partial charge in [0.25, 0.3) is 0 Å². The number of nitrogens with one attached hydrogen (secondary N) is 1. The summed E-state index contributed by atoms with van der Waals surface area (Å²) >= 11 is 6.79. The number of hydrogen-bond donors (Lipinski definition) is 1. The van der Waals surface area contributed by atoms with Gasteiger partial charge < -0.3 is 28.6 Å². The Hall–Kier alpha value is -4.29. The number of ether oxygens (including phenoxy) is 5. The summed E-state index contributed by atoms with van der Waals surface area (Å²) < 4.78 is 46.3. The molecule has 1 aromatic carbocycles. The van der Waals surface area contributed by atoms with Crippen molar-refractivity contribution in [3.63, 3.8) is 0 Å². The van der Waals surface area contributed by atoms with E-state index in [4.69, 9.17) is 46.7 Å². The van der Waals surface area contributed by atoms with E-state index >= 15 is 4.39 Å². The fraction of sp³-hybridized carbons (Fsp3) is 0.500. The molecule has 0 aliphatic carbocycles. The Morgan fingerprint density at radius 3 is 3.00 bits per heavy atom. The van der Waals surface area contributed by atoms with E-state index in [0.717, 1.165) is 32.4 Å². The summed E-state index contributed by atoms with van der Waals surface area (Å²) in [4.78, 5) is 31.2. The van der Waals surface area contributed by atoms with Crippen molar-refractivity contribution in [2.45, 2.75) is 49.9 Å². The van der Waals surface area contributed by atoms with Crippen LogP contribution in [-0.2, 0) is 25.4 Å². The Bertz CT molecular complexity index is 1950. The molecule has 3 aromatic heterocycles. The molecule has 0 spiro atoms. The minimum absolute atomic E-state index is 0.00155. The van der Waals surface area contributed by atoms with E-state index in [1.165, 1.54) is 0 Å². The van der Waals surface area contributed by atoms with E-state index in [-0.39, 0.29) is 55.2 Å². The Balaban J connectivity index is 1.25. The summed E-state index contributed by atoms with van der Waals surface area (Å²) in [5, 5.41) is 8.54. The number of anilines is 1. The molecule has 0 unspecified atom stereocenters. The van der Waals surface area contributed by atoms with Crippen LogP contribution in [0, 0.1) is 18.2 Å². The maximum atomic E-state index is 17.1. The van der Waals surface area contributed by atoms with E-state index < -0.39 is 18.1 Å². The molecular formula is C34H35ClFN7O6. The lowest BCUT2D eigenvalue weighted by Gasteiger charge is -2.31. The summed E-state index contributed by atoms with van der Waals surface area (Å²) in [7, 11) is 0. The average Bonchev–Trinajstić information content (AvgIpc) is 3.75. The second-order valence-electron chi connectivity index (χ2n) is 12.9. The Morgan fingerprint density at radius 2 is 2.10 bits per heavy atom. The van der Waals surface area contributed by atoms with Crippen molar-refractivity contribution < 1.29 is 32.9 Å². The number of benzene rings is 1. The monoisotopic (exact) mass is 691 g/mol. The lowest BCUT2D eigenvalue weighted by Crippen LogP contribution is -2.43. The normalized spacial score (nSPS) is 24.4. The van der Waals surface area contributed by atoms with Gasteiger partial charge in [-0.05, 0) is 50.3 Å². The second-order valence-corrected chi connectivity index (χ2v) is 13.3. The molecule has 13 nitrogen and oxygen atoms in total. The molecule has 3 saturated heterocycles. The quantitative estimate of drug-likeness (QED) is 0.236. The Labute approximate surface area is 286 Å². The molecule has 256 valence electrons. The highest BCUT2D eigenvalue weighted by Gasteiger charge is 2.49. The van der Waals surface area contributed by atoms with Gasteiger partial charge in [0, 0.05) is 35.3 Å². The molecule has 3 fully saturated rings. The van der Waals surface area contributed by atoms with Crippen molar-refractivity contribution >= 4 is 45.4 Å². The number of carbonyl (C=O) groups excluding carboxylic acids is 1. The molecule has 5 aliphatic heterocycles. The zero-order valence-corrected chi connectivity index (χ0v) is 27.5. The molecule has 3 atom stereocenters. The maximum Gasteiger partial charge on any atom is 0.508 e. The van der Waals surface area contributed by atoms with E-state index in [0.29, 0.717) is 70.9 Å². The van der Waals surface area contributed by atoms with E-state index in [1.54, 1.807) is 18.5 Å². The smallest absolute Gasteiger partial charge is 0.461 e. The van der Waals surface area contributed by atoms with Crippen molar-refractivity contribution in [1.82, 2.24) is 30.0 Å². The molecule has 9 rings (SSSR count). The first kappa shape index (κ1) is 31.9. The van der Waals surface area contributed by atoms with Gasteiger partial charge >= 0.3 is 12.2 Å². The molecule has 1 N–H and O–H groups in total. The maximum absolute atomic E-state index is 17.1. The summed E-state index contributed by atoms with van der Waals surface area (Å²) in [6.07, 6.45) is 10.7. The zero-order valence-electron chi connectivity index (χ0n) is 26.8. The van der Waals surface area contributed by atoms with Gasteiger partial charge in [0.05, 0.1) is 55.1 Å². The number of rotatable bonds is 5. The first-order chi connectivity index (χ1) is 23.9. The molecule has 15 heteroatoms. The zero-order chi connectivity index (χ0) is 33.5. The number of carbonyl (C=O) groups is 1. The van der Waals surface area contributed by atoms with Gasteiger partial charge in [-0.2, -0.15) is 15.1 Å². The van der Waals surface area contributed by atoms with Crippen LogP contribution in [0.1, 0.15) is 31.2 Å². The van der Waals surface area contributed by atoms with E-state index in [2.05, 4.69) is 31.0 Å². The number of aromatic nitrogens is 5. The van der Waals surface area contributed by atoms with Gasteiger partial charge in [-0.15, -0.1) is 6.42 Å². The fourth-order valence-electron chi connectivity index (χ4n) is 7.68. The fourth-order valence-corrected chi connectivity index (χ4v) is 7.98. The van der Waals surface area contributed by atoms with Crippen LogP contribution >= 0.6 is 11.6 Å². The molecule has 8 heterocycles. The summed E-state index contributed by atoms with van der Waals surface area (Å²) in [6.45, 7) is 3.42. The topological polar surface area (TPSA) is 137 Å². The van der Waals surface area contributed by atoms with Crippen LogP contribution < -0.4 is 9.64 Å². The molecule has 0 radical (unpaired) electrons. The number of aromatic amines is 1. The Kier molecular flexibility index (Phi) is 8.61. The molecule has 0 amide bonds. The van der Waals surface area contributed by atoms with Crippen LogP contribution in [0.3, 0.4) is 0 Å². The van der Waals surface area contributed by atoms with Gasteiger partial charge in [-0.3, -0.25) is 15.0 Å². The van der Waals surface area contributed by atoms with Gasteiger partial charge in [0.15, 0.2) is 5.82 Å². The third kappa shape index (κ3) is 5.99. The Morgan fingerprint density at radius 1 is 1.18 bits per heavy atom. The molecule has 5 aliphatic rings. The largest absolute Gasteiger partial charge is 0.508 e. The number of nitrogens with zero attached hydrogens (tertiary/aromatic N) is 6. The van der Waals surface area contributed by atoms with Crippen molar-refractivity contribution in [3.8, 4) is 29.6 Å². The number of halogens is 2. The third-order valence-electron chi connectivity index (χ3n) is 9.91. The summed E-state index contributed by atoms with van der Waals surface area (Å²) in [6, 6.07) is 1.77. The van der Waals surface area contributed by atoms with Gasteiger partial charge in [-0.25, -0.2) is 9.18 Å². The van der Waals surface area contributed by atoms with Crippen molar-refractivity contribution in [2.75, 3.05) is 64.1 Å². The highest BCUT2D eigenvalue weighted by molar-refractivity contribution is 6.33. The lowest BCUT2D eigenvalue weighted by molar-refractivity contribution is -0.00448. The standard InChI is InChI=1S/C34H35ClFN7O6/c1-2-9-46-20-13-34(6-4-7-43(34)17-20)19-48-32-39-29-24-14-37-30(28(29)36)27-22(25(35)12-26-23(27)15-38-41-26)5-3-10-47-33(44)49-21-16-42(31(24)40-32)8-11-45-18-21/h1,12,14-15,20-21H,3-11,13,16-19H2,(H,38,41)/t20-,21-,34-/m0/s1. The highest BCUT2D eigenvalue weighted by atomic mass is 35.5. The minimum atomic E-state index is -0.798. The lowest BCUT2D eigenvalue weighted by atomic mass is 9.94. The predicted molar refractivity (Wildman–Crippen MR) is 177 cm³/mol. The third-order valence-corrected chi connectivity index (χ3v) is 10.2. The molecule has 4 aromatic rings. The number of hydrogen-bond acceptors (Lipinski definition) is 12. The summed E-state index contributed by atoms with van der Waals surface area (Å²) in [5.41, 5.74) is 1.60. The second kappa shape index (κ2) is 13.2. The number of fused-ring (bicyclic) bond motifs is 8. The summed E-state index contributed by atoms with van der Waals surface area (Å²) in [5.74, 6) is 2.30. The minimum Gasteiger partial charge on any atom is -0.461 e. The van der Waals surface area contributed by atoms with E-state index in [9.17, 15) is 4.79 Å². The van der Waals surface area contributed by atoms with Crippen LogP contribution in [0.2, 0.25) is 5.02 Å². The number of pyridine rings is 1. The van der Waals surface area contributed by atoms with Crippen molar-refractivity contribution in [3.05, 3.63) is 34.9 Å². The predicted octanol–water partition coefficient (Wildman–Crippen LogP) is 4.30. The average molecular weight is 692 g/mol. The first-order valence-electron chi connectivity index (χ1n) is 16.5. The molecule has 49 heavy (non-hydrogen) atoms. The van der Waals surface area contributed by atoms with E-state index in [1.807, 2.05) is 4.90 Å². The van der Waals surface area contributed by atoms with Crippen LogP contribution in [0.25, 0.3) is 33.1 Å². The number of terminal acetylenes is 1. The van der Waals surface area contributed by atoms with Crippen LogP contribution in [0.4, 0.5) is 15.0 Å². The SMILES string of the molecule is C#CCO[C@@H]1CN2CCC[C@@]2(COc2nc3c4cnc(c(F)c4n2)-c2c(c(Cl)cc4[nH]ncc24)CCCOC(=O)O[C@@H]2COCCN3C2)C1. The molecule has 6 bridgehead atoms. The van der Waals surface area contributed by atoms with Crippen LogP contribution in [0.15, 0.2) is 18.5 Å². The highest BCUT2D eigenvalue weighted by Crippen LogP contribution is 2.42. The van der Waals surface area contributed by atoms with Crippen LogP contribution in [-0.4, -0.2) is 113 Å². The van der Waals surface area contributed by atoms with Gasteiger partial charge in [0.2, 0.25) is 0 Å². The molecular weight excluding hydrogens is 657 g/mol. The first-order valence-corrected chi connectivity index (χ1v) is 16.9. The van der Waals surface area contributed by atoms with Crippen molar-refractivity contribution in [2.24, 2.45) is 0 Å². The van der Waals surface area contributed by atoms with Gasteiger partial charge in [0.1, 0.15) is 36.3 Å². The van der Waals surface area contributed by atoms with Gasteiger partial charge in [-0.1, -0.05) is 17.5 Å². The molecule has 0 saturated carbocycles. The van der Waals surface area contributed by atoms with Crippen molar-refractivity contribution in [1.29, 1.82) is 0 Å². The number of H-pyrrole nitrogens is 1. The van der Waals surface area contributed by atoms with Crippen LogP contribution in [0.5, 0.6) is 6.01 Å².